The molecule has 0 aromatic heterocycles. The zero-order chi connectivity index (χ0) is 16.2. The summed E-state index contributed by atoms with van der Waals surface area (Å²) in [5, 5.41) is 5.80. The van der Waals surface area contributed by atoms with E-state index in [9.17, 15) is 4.79 Å². The van der Waals surface area contributed by atoms with Crippen molar-refractivity contribution in [3.05, 3.63) is 41.4 Å². The van der Waals surface area contributed by atoms with Crippen LogP contribution in [0.1, 0.15) is 12.8 Å². The zero-order valence-corrected chi connectivity index (χ0v) is 15.2. The summed E-state index contributed by atoms with van der Waals surface area (Å²) in [6, 6.07) is 11.8. The van der Waals surface area contributed by atoms with Crippen LogP contribution in [0.5, 0.6) is 5.75 Å². The van der Waals surface area contributed by atoms with Crippen LogP contribution in [0.15, 0.2) is 36.4 Å². The summed E-state index contributed by atoms with van der Waals surface area (Å²) in [4.78, 5) is 14.3. The SMILES string of the molecule is CNC1CCCN(C(=O)COc2ccc(Cl)c3ccccc23)C1.Cl. The number of piperidine rings is 1. The highest BCUT2D eigenvalue weighted by Gasteiger charge is 2.22. The zero-order valence-electron chi connectivity index (χ0n) is 13.6. The molecule has 4 nitrogen and oxygen atoms in total. The molecule has 1 aliphatic rings. The lowest BCUT2D eigenvalue weighted by Gasteiger charge is -2.32. The molecule has 1 atom stereocenters. The van der Waals surface area contributed by atoms with Gasteiger partial charge in [0.25, 0.3) is 5.91 Å². The fourth-order valence-corrected chi connectivity index (χ4v) is 3.26. The Morgan fingerprint density at radius 1 is 1.29 bits per heavy atom. The van der Waals surface area contributed by atoms with E-state index in [1.54, 1.807) is 0 Å². The third-order valence-electron chi connectivity index (χ3n) is 4.36. The van der Waals surface area contributed by atoms with E-state index in [2.05, 4.69) is 5.32 Å². The van der Waals surface area contributed by atoms with Gasteiger partial charge in [0.2, 0.25) is 0 Å². The van der Waals surface area contributed by atoms with Gasteiger partial charge < -0.3 is 15.0 Å². The number of carbonyl (C=O) groups excluding carboxylic acids is 1. The van der Waals surface area contributed by atoms with Crippen LogP contribution in [0.2, 0.25) is 5.02 Å². The number of likely N-dealkylation sites (N-methyl/N-ethyl adjacent to an activating group) is 1. The minimum absolute atomic E-state index is 0. The van der Waals surface area contributed by atoms with Gasteiger partial charge in [0.05, 0.1) is 0 Å². The predicted molar refractivity (Wildman–Crippen MR) is 100 cm³/mol. The van der Waals surface area contributed by atoms with Crippen molar-refractivity contribution in [3.63, 3.8) is 0 Å². The van der Waals surface area contributed by atoms with E-state index < -0.39 is 0 Å². The molecule has 1 saturated heterocycles. The van der Waals surface area contributed by atoms with Crippen molar-refractivity contribution in [3.8, 4) is 5.75 Å². The summed E-state index contributed by atoms with van der Waals surface area (Å²) in [7, 11) is 1.94. The number of carbonyl (C=O) groups is 1. The molecule has 0 bridgehead atoms. The number of benzene rings is 2. The molecule has 2 aromatic carbocycles. The topological polar surface area (TPSA) is 41.6 Å². The van der Waals surface area contributed by atoms with Crippen molar-refractivity contribution < 1.29 is 9.53 Å². The maximum absolute atomic E-state index is 12.4. The molecule has 1 amide bonds. The quantitative estimate of drug-likeness (QED) is 0.897. The molecule has 24 heavy (non-hydrogen) atoms. The van der Waals surface area contributed by atoms with E-state index in [0.717, 1.165) is 36.7 Å². The van der Waals surface area contributed by atoms with E-state index in [4.69, 9.17) is 16.3 Å². The Kier molecular flexibility index (Phi) is 6.72. The smallest absolute Gasteiger partial charge is 0.260 e. The van der Waals surface area contributed by atoms with E-state index >= 15 is 0 Å². The monoisotopic (exact) mass is 368 g/mol. The highest BCUT2D eigenvalue weighted by atomic mass is 35.5. The Balaban J connectivity index is 0.00000208. The third-order valence-corrected chi connectivity index (χ3v) is 4.69. The molecule has 2 aromatic rings. The minimum Gasteiger partial charge on any atom is -0.483 e. The van der Waals surface area contributed by atoms with Crippen molar-refractivity contribution in [2.75, 3.05) is 26.7 Å². The van der Waals surface area contributed by atoms with Crippen molar-refractivity contribution in [1.82, 2.24) is 10.2 Å². The average Bonchev–Trinajstić information content (AvgIpc) is 2.61. The summed E-state index contributed by atoms with van der Waals surface area (Å²) >= 11 is 6.21. The van der Waals surface area contributed by atoms with Crippen LogP contribution in [0, 0.1) is 0 Å². The summed E-state index contributed by atoms with van der Waals surface area (Å²) < 4.78 is 5.79. The fraction of sp³-hybridized carbons (Fsp3) is 0.389. The fourth-order valence-electron chi connectivity index (χ4n) is 3.03. The molecule has 0 aliphatic carbocycles. The molecule has 6 heteroatoms. The lowest BCUT2D eigenvalue weighted by Crippen LogP contribution is -2.48. The standard InChI is InChI=1S/C18H21ClN2O2.ClH/c1-20-13-5-4-10-21(11-13)18(22)12-23-17-9-8-16(19)14-6-2-3-7-15(14)17;/h2-3,6-9,13,20H,4-5,10-12H2,1H3;1H. The highest BCUT2D eigenvalue weighted by Crippen LogP contribution is 2.31. The van der Waals surface area contributed by atoms with Crippen LogP contribution in [-0.2, 0) is 4.79 Å². The van der Waals surface area contributed by atoms with Gasteiger partial charge in [-0.1, -0.05) is 35.9 Å². The van der Waals surface area contributed by atoms with E-state index in [0.29, 0.717) is 16.8 Å². The third kappa shape index (κ3) is 4.12. The predicted octanol–water partition coefficient (Wildman–Crippen LogP) is 3.50. The maximum Gasteiger partial charge on any atom is 0.260 e. The second-order valence-corrected chi connectivity index (χ2v) is 6.25. The Labute approximate surface area is 153 Å². The molecule has 130 valence electrons. The first-order chi connectivity index (χ1) is 11.2. The highest BCUT2D eigenvalue weighted by molar-refractivity contribution is 6.35. The first kappa shape index (κ1) is 18.8. The lowest BCUT2D eigenvalue weighted by atomic mass is 10.1. The minimum atomic E-state index is 0. The van der Waals surface area contributed by atoms with Gasteiger partial charge in [0.1, 0.15) is 5.75 Å². The molecule has 1 unspecified atom stereocenters. The number of amides is 1. The van der Waals surface area contributed by atoms with E-state index in [-0.39, 0.29) is 24.9 Å². The van der Waals surface area contributed by atoms with Gasteiger partial charge in [-0.3, -0.25) is 4.79 Å². The number of nitrogens with zero attached hydrogens (tertiary/aromatic N) is 1. The Bertz CT molecular complexity index is 708. The van der Waals surface area contributed by atoms with Crippen LogP contribution < -0.4 is 10.1 Å². The molecule has 3 rings (SSSR count). The summed E-state index contributed by atoms with van der Waals surface area (Å²) in [5.41, 5.74) is 0. The van der Waals surface area contributed by atoms with Gasteiger partial charge in [0, 0.05) is 34.9 Å². The number of hydrogen-bond acceptors (Lipinski definition) is 3. The van der Waals surface area contributed by atoms with Crippen LogP contribution in [0.4, 0.5) is 0 Å². The molecule has 1 fully saturated rings. The number of nitrogens with one attached hydrogen (secondary N) is 1. The van der Waals surface area contributed by atoms with Gasteiger partial charge in [0.15, 0.2) is 6.61 Å². The van der Waals surface area contributed by atoms with Crippen molar-refractivity contribution in [2.45, 2.75) is 18.9 Å². The Hall–Kier alpha value is -1.49. The molecule has 1 N–H and O–H groups in total. The number of hydrogen-bond donors (Lipinski definition) is 1. The molecule has 0 spiro atoms. The summed E-state index contributed by atoms with van der Waals surface area (Å²) in [6.45, 7) is 1.61. The van der Waals surface area contributed by atoms with Crippen molar-refractivity contribution in [1.29, 1.82) is 0 Å². The second kappa shape index (κ2) is 8.56. The first-order valence-corrected chi connectivity index (χ1v) is 8.32. The van der Waals surface area contributed by atoms with Crippen LogP contribution >= 0.6 is 24.0 Å². The number of fused-ring (bicyclic) bond motifs is 1. The van der Waals surface area contributed by atoms with Crippen LogP contribution in [-0.4, -0.2) is 43.6 Å². The Morgan fingerprint density at radius 2 is 2.04 bits per heavy atom. The first-order valence-electron chi connectivity index (χ1n) is 7.94. The number of rotatable bonds is 4. The average molecular weight is 369 g/mol. The number of likely N-dealkylation sites (tertiary alicyclic amines) is 1. The van der Waals surface area contributed by atoms with Crippen molar-refractivity contribution >= 4 is 40.7 Å². The Morgan fingerprint density at radius 3 is 2.79 bits per heavy atom. The molecular weight excluding hydrogens is 347 g/mol. The van der Waals surface area contributed by atoms with Gasteiger partial charge >= 0.3 is 0 Å². The molecule has 0 radical (unpaired) electrons. The second-order valence-electron chi connectivity index (χ2n) is 5.85. The van der Waals surface area contributed by atoms with E-state index in [1.165, 1.54) is 0 Å². The van der Waals surface area contributed by atoms with Gasteiger partial charge in [-0.15, -0.1) is 12.4 Å². The molecule has 1 heterocycles. The van der Waals surface area contributed by atoms with Gasteiger partial charge in [-0.2, -0.15) is 0 Å². The normalized spacial score (nSPS) is 17.4. The van der Waals surface area contributed by atoms with Crippen molar-refractivity contribution in [2.24, 2.45) is 0 Å². The van der Waals surface area contributed by atoms with Crippen LogP contribution in [0.25, 0.3) is 10.8 Å². The number of ether oxygens (including phenoxy) is 1. The largest absolute Gasteiger partial charge is 0.483 e. The molecule has 1 aliphatic heterocycles. The van der Waals surface area contributed by atoms with Gasteiger partial charge in [-0.05, 0) is 32.0 Å². The number of halogens is 2. The van der Waals surface area contributed by atoms with E-state index in [1.807, 2.05) is 48.3 Å². The summed E-state index contributed by atoms with van der Waals surface area (Å²) in [5.74, 6) is 0.726. The molecule has 0 saturated carbocycles. The molecular formula is C18H22Cl2N2O2. The van der Waals surface area contributed by atoms with Gasteiger partial charge in [-0.25, -0.2) is 0 Å². The lowest BCUT2D eigenvalue weighted by molar-refractivity contribution is -0.134. The summed E-state index contributed by atoms with van der Waals surface area (Å²) in [6.07, 6.45) is 2.14. The van der Waals surface area contributed by atoms with Crippen LogP contribution in [0.3, 0.4) is 0 Å². The maximum atomic E-state index is 12.4.